The average molecular weight is 539 g/mol. The molecule has 9 heteroatoms. The van der Waals surface area contributed by atoms with Crippen molar-refractivity contribution in [3.63, 3.8) is 0 Å². The van der Waals surface area contributed by atoms with Gasteiger partial charge in [0.25, 0.3) is 5.91 Å². The van der Waals surface area contributed by atoms with Gasteiger partial charge in [0.15, 0.2) is 0 Å². The molecule has 0 radical (unpaired) electrons. The van der Waals surface area contributed by atoms with Gasteiger partial charge in [-0.3, -0.25) is 4.79 Å². The van der Waals surface area contributed by atoms with Gasteiger partial charge in [0.05, 0.1) is 23.6 Å². The lowest BCUT2D eigenvalue weighted by Crippen LogP contribution is -2.11. The quantitative estimate of drug-likeness (QED) is 0.227. The fourth-order valence-electron chi connectivity index (χ4n) is 4.18. The Hall–Kier alpha value is -4.52. The summed E-state index contributed by atoms with van der Waals surface area (Å²) in [6, 6.07) is 23.7. The fourth-order valence-corrected chi connectivity index (χ4v) is 6.24. The number of nitrogen functional groups attached to an aromatic ring is 1. The summed E-state index contributed by atoms with van der Waals surface area (Å²) >= 11 is 2.20. The minimum absolute atomic E-state index is 0.208. The molecule has 0 saturated carbocycles. The monoisotopic (exact) mass is 538 g/mol. The molecular weight excluding hydrogens is 516 g/mol. The van der Waals surface area contributed by atoms with Gasteiger partial charge in [-0.25, -0.2) is 9.78 Å². The number of amides is 1. The van der Waals surface area contributed by atoms with E-state index in [9.17, 15) is 14.9 Å². The third kappa shape index (κ3) is 4.52. The third-order valence-corrected chi connectivity index (χ3v) is 8.29. The van der Waals surface area contributed by atoms with E-state index in [1.54, 1.807) is 13.8 Å². The number of anilines is 2. The molecule has 0 fully saturated rings. The van der Waals surface area contributed by atoms with Crippen LogP contribution >= 0.6 is 22.7 Å². The van der Waals surface area contributed by atoms with Crippen LogP contribution in [0.4, 0.5) is 10.7 Å². The number of hydrogen-bond acceptors (Lipinski definition) is 8. The molecule has 38 heavy (non-hydrogen) atoms. The summed E-state index contributed by atoms with van der Waals surface area (Å²) in [5.74, 6) is -1.00. The summed E-state index contributed by atoms with van der Waals surface area (Å²) in [7, 11) is 0. The van der Waals surface area contributed by atoms with Crippen LogP contribution in [0.2, 0.25) is 0 Å². The first-order valence-electron chi connectivity index (χ1n) is 11.8. The van der Waals surface area contributed by atoms with E-state index in [1.165, 1.54) is 11.3 Å². The molecule has 3 N–H and O–H groups in total. The predicted octanol–water partition coefficient (Wildman–Crippen LogP) is 6.88. The minimum atomic E-state index is -0.529. The topological polar surface area (TPSA) is 118 Å². The molecule has 188 valence electrons. The van der Waals surface area contributed by atoms with Crippen molar-refractivity contribution in [2.45, 2.75) is 13.8 Å². The number of pyridine rings is 1. The zero-order chi connectivity index (χ0) is 26.8. The number of ether oxygens (including phenoxy) is 1. The Morgan fingerprint density at radius 2 is 1.68 bits per heavy atom. The molecule has 0 unspecified atom stereocenters. The molecule has 3 heterocycles. The molecule has 1 amide bonds. The van der Waals surface area contributed by atoms with Gasteiger partial charge in [-0.1, -0.05) is 60.7 Å². The lowest BCUT2D eigenvalue weighted by atomic mass is 9.99. The molecule has 0 atom stereocenters. The number of fused-ring (bicyclic) bond motifs is 1. The summed E-state index contributed by atoms with van der Waals surface area (Å²) in [6.45, 7) is 3.58. The predicted molar refractivity (Wildman–Crippen MR) is 153 cm³/mol. The fraction of sp³-hybridized carbons (Fsp3) is 0.103. The van der Waals surface area contributed by atoms with Gasteiger partial charge in [0, 0.05) is 10.9 Å². The van der Waals surface area contributed by atoms with E-state index in [-0.39, 0.29) is 26.9 Å². The Kier molecular flexibility index (Phi) is 6.92. The number of aromatic nitrogens is 1. The highest BCUT2D eigenvalue weighted by molar-refractivity contribution is 7.22. The van der Waals surface area contributed by atoms with Crippen molar-refractivity contribution in [1.82, 2.24) is 4.98 Å². The molecule has 7 nitrogen and oxygen atoms in total. The Morgan fingerprint density at radius 3 is 2.32 bits per heavy atom. The molecule has 0 aliphatic heterocycles. The van der Waals surface area contributed by atoms with E-state index in [2.05, 4.69) is 11.4 Å². The molecule has 5 aromatic rings. The molecule has 0 bridgehead atoms. The van der Waals surface area contributed by atoms with E-state index < -0.39 is 11.9 Å². The molecular formula is C29H22N4O3S2. The van der Waals surface area contributed by atoms with Crippen molar-refractivity contribution < 1.29 is 14.3 Å². The first-order chi connectivity index (χ1) is 18.4. The van der Waals surface area contributed by atoms with Gasteiger partial charge in [0.2, 0.25) is 0 Å². The summed E-state index contributed by atoms with van der Waals surface area (Å²) in [6.07, 6.45) is 0. The number of benzene rings is 2. The number of carbonyl (C=O) groups is 2. The second-order valence-corrected chi connectivity index (χ2v) is 10.4. The smallest absolute Gasteiger partial charge is 0.348 e. The van der Waals surface area contributed by atoms with Gasteiger partial charge < -0.3 is 15.8 Å². The number of esters is 1. The zero-order valence-electron chi connectivity index (χ0n) is 20.6. The van der Waals surface area contributed by atoms with Crippen LogP contribution in [0.1, 0.15) is 37.4 Å². The second-order valence-electron chi connectivity index (χ2n) is 8.36. The maximum atomic E-state index is 13.5. The molecule has 0 saturated heterocycles. The average Bonchev–Trinajstić information content (AvgIpc) is 3.45. The van der Waals surface area contributed by atoms with Gasteiger partial charge in [-0.15, -0.1) is 22.7 Å². The number of nitrogens with zero attached hydrogens (tertiary/aromatic N) is 2. The van der Waals surface area contributed by atoms with Crippen molar-refractivity contribution in [1.29, 1.82) is 5.26 Å². The third-order valence-electron chi connectivity index (χ3n) is 6.01. The summed E-state index contributed by atoms with van der Waals surface area (Å²) in [4.78, 5) is 31.8. The Labute approximate surface area is 227 Å². The highest BCUT2D eigenvalue weighted by Gasteiger charge is 2.26. The van der Waals surface area contributed by atoms with Crippen molar-refractivity contribution in [2.75, 3.05) is 17.7 Å². The summed E-state index contributed by atoms with van der Waals surface area (Å²) < 4.78 is 5.10. The lowest BCUT2D eigenvalue weighted by Gasteiger charge is -2.09. The number of nitrogens with one attached hydrogen (secondary N) is 1. The van der Waals surface area contributed by atoms with Gasteiger partial charge >= 0.3 is 5.97 Å². The molecule has 3 aromatic heterocycles. The summed E-state index contributed by atoms with van der Waals surface area (Å²) in [5.41, 5.74) is 11.1. The number of carbonyl (C=O) groups excluding carboxylic acids is 2. The number of thiophene rings is 2. The minimum Gasteiger partial charge on any atom is -0.462 e. The van der Waals surface area contributed by atoms with Crippen LogP contribution in [-0.2, 0) is 4.74 Å². The number of hydrogen-bond donors (Lipinski definition) is 2. The number of nitriles is 1. The van der Waals surface area contributed by atoms with Crippen molar-refractivity contribution >= 4 is 55.5 Å². The molecule has 5 rings (SSSR count). The Balaban J connectivity index is 1.61. The first kappa shape index (κ1) is 25.1. The molecule has 0 spiro atoms. The van der Waals surface area contributed by atoms with E-state index in [1.807, 2.05) is 66.7 Å². The van der Waals surface area contributed by atoms with Crippen LogP contribution in [0, 0.1) is 18.3 Å². The van der Waals surface area contributed by atoms with Crippen LogP contribution < -0.4 is 11.1 Å². The Morgan fingerprint density at radius 1 is 1.03 bits per heavy atom. The van der Waals surface area contributed by atoms with Crippen LogP contribution in [0.15, 0.2) is 66.7 Å². The first-order valence-corrected chi connectivity index (χ1v) is 13.4. The zero-order valence-corrected chi connectivity index (χ0v) is 22.2. The Bertz CT molecular complexity index is 1720. The largest absolute Gasteiger partial charge is 0.462 e. The highest BCUT2D eigenvalue weighted by Crippen LogP contribution is 2.42. The number of nitrogens with two attached hydrogens (primary N) is 1. The van der Waals surface area contributed by atoms with Gasteiger partial charge in [-0.05, 0) is 36.6 Å². The second kappa shape index (κ2) is 10.5. The van der Waals surface area contributed by atoms with Crippen LogP contribution in [0.5, 0.6) is 0 Å². The molecule has 0 aliphatic rings. The van der Waals surface area contributed by atoms with Crippen LogP contribution in [0.25, 0.3) is 32.6 Å². The summed E-state index contributed by atoms with van der Waals surface area (Å²) in [5, 5.41) is 13.5. The van der Waals surface area contributed by atoms with Crippen LogP contribution in [0.3, 0.4) is 0 Å². The molecule has 0 aliphatic carbocycles. The standard InChI is InChI=1S/C29H22N4O3S2/c1-3-36-29(35)24-16(2)20(15-30)27(37-24)33-26(34)25-23(31)22-19(17-10-6-4-7-11-17)14-21(32-28(22)38-25)18-12-8-5-9-13-18/h4-14H,3,31H2,1-2H3,(H,33,34). The van der Waals surface area contributed by atoms with Gasteiger partial charge in [-0.2, -0.15) is 5.26 Å². The van der Waals surface area contributed by atoms with Crippen LogP contribution in [-0.4, -0.2) is 23.5 Å². The van der Waals surface area contributed by atoms with E-state index in [4.69, 9.17) is 15.5 Å². The maximum Gasteiger partial charge on any atom is 0.348 e. The van der Waals surface area contributed by atoms with E-state index in [0.717, 1.165) is 33.7 Å². The maximum absolute atomic E-state index is 13.5. The highest BCUT2D eigenvalue weighted by atomic mass is 32.1. The van der Waals surface area contributed by atoms with Gasteiger partial charge in [0.1, 0.15) is 25.7 Å². The van der Waals surface area contributed by atoms with Crippen molar-refractivity contribution in [3.8, 4) is 28.5 Å². The number of rotatable bonds is 6. The SMILES string of the molecule is CCOC(=O)c1sc(NC(=O)c2sc3nc(-c4ccccc4)cc(-c4ccccc4)c3c2N)c(C#N)c1C. The van der Waals surface area contributed by atoms with E-state index in [0.29, 0.717) is 21.5 Å². The molecule has 2 aromatic carbocycles. The van der Waals surface area contributed by atoms with Crippen molar-refractivity contribution in [2.24, 2.45) is 0 Å². The normalized spacial score (nSPS) is 10.8. The van der Waals surface area contributed by atoms with Crippen molar-refractivity contribution in [3.05, 3.63) is 87.6 Å². The lowest BCUT2D eigenvalue weighted by molar-refractivity contribution is 0.0531. The van der Waals surface area contributed by atoms with E-state index >= 15 is 0 Å².